The van der Waals surface area contributed by atoms with Crippen LogP contribution in [-0.4, -0.2) is 40.2 Å². The zero-order chi connectivity index (χ0) is 26.4. The Bertz CT molecular complexity index is 1370. The molecule has 3 aromatic rings. The number of ether oxygens (including phenoxy) is 2. The number of nitrogens with zero attached hydrogens (tertiary/aromatic N) is 2. The average Bonchev–Trinajstić information content (AvgIpc) is 3.22. The summed E-state index contributed by atoms with van der Waals surface area (Å²) in [6.07, 6.45) is 8.97. The first-order valence-corrected chi connectivity index (χ1v) is 14.2. The largest absolute Gasteiger partial charge is 0.487 e. The lowest BCUT2D eigenvalue weighted by molar-refractivity contribution is -0.193. The second kappa shape index (κ2) is 9.92. The van der Waals surface area contributed by atoms with Crippen LogP contribution < -0.4 is 4.74 Å². The third-order valence-corrected chi connectivity index (χ3v) is 9.13. The van der Waals surface area contributed by atoms with Gasteiger partial charge < -0.3 is 18.9 Å². The number of para-hydroxylation sites is 2. The summed E-state index contributed by atoms with van der Waals surface area (Å²) in [7, 11) is 2.05. The fourth-order valence-corrected chi connectivity index (χ4v) is 7.10. The number of fused-ring (bicyclic) bond motifs is 5. The topological polar surface area (TPSA) is 43.7 Å². The molecule has 0 N–H and O–H groups in total. The molecule has 0 radical (unpaired) electrons. The van der Waals surface area contributed by atoms with Gasteiger partial charge in [-0.25, -0.2) is 0 Å². The lowest BCUT2D eigenvalue weighted by Crippen LogP contribution is -2.57. The van der Waals surface area contributed by atoms with Crippen molar-refractivity contribution in [2.75, 3.05) is 13.1 Å². The maximum atomic E-state index is 13.5. The zero-order valence-corrected chi connectivity index (χ0v) is 23.2. The molecule has 38 heavy (non-hydrogen) atoms. The summed E-state index contributed by atoms with van der Waals surface area (Å²) in [5, 5.41) is 1.17. The first kappa shape index (κ1) is 25.2. The van der Waals surface area contributed by atoms with Crippen molar-refractivity contribution < 1.29 is 14.3 Å². The van der Waals surface area contributed by atoms with Gasteiger partial charge in [-0.05, 0) is 64.2 Å². The second-order valence-corrected chi connectivity index (χ2v) is 12.1. The van der Waals surface area contributed by atoms with Crippen molar-refractivity contribution in [3.63, 3.8) is 0 Å². The van der Waals surface area contributed by atoms with E-state index < -0.39 is 0 Å². The van der Waals surface area contributed by atoms with Crippen LogP contribution in [0.1, 0.15) is 63.7 Å². The molecule has 0 spiro atoms. The van der Waals surface area contributed by atoms with Crippen LogP contribution in [-0.2, 0) is 23.0 Å². The highest BCUT2D eigenvalue weighted by Crippen LogP contribution is 2.54. The Morgan fingerprint density at radius 3 is 2.76 bits per heavy atom. The highest BCUT2D eigenvalue weighted by Gasteiger charge is 2.53. The predicted molar refractivity (Wildman–Crippen MR) is 151 cm³/mol. The van der Waals surface area contributed by atoms with Gasteiger partial charge in [-0.15, -0.1) is 0 Å². The molecule has 0 aliphatic carbocycles. The summed E-state index contributed by atoms with van der Waals surface area (Å²) in [6, 6.07) is 16.8. The Morgan fingerprint density at radius 2 is 1.92 bits per heavy atom. The summed E-state index contributed by atoms with van der Waals surface area (Å²) in [4.78, 5) is 15.6. The monoisotopic (exact) mass is 512 g/mol. The normalized spacial score (nSPS) is 28.2. The number of rotatable bonds is 5. The van der Waals surface area contributed by atoms with E-state index in [1.165, 1.54) is 22.0 Å². The van der Waals surface area contributed by atoms with Gasteiger partial charge in [0.15, 0.2) is 0 Å². The van der Waals surface area contributed by atoms with Gasteiger partial charge in [0.1, 0.15) is 11.4 Å². The molecule has 0 saturated carbocycles. The molecule has 1 amide bonds. The number of benzene rings is 2. The summed E-state index contributed by atoms with van der Waals surface area (Å²) < 4.78 is 15.8. The van der Waals surface area contributed by atoms with Crippen molar-refractivity contribution >= 4 is 16.8 Å². The fraction of sp³-hybridized carbons (Fsp3) is 0.485. The van der Waals surface area contributed by atoms with Crippen LogP contribution in [0.4, 0.5) is 0 Å². The number of likely N-dealkylation sites (tertiary alicyclic amines) is 1. The van der Waals surface area contributed by atoms with Gasteiger partial charge >= 0.3 is 0 Å². The highest BCUT2D eigenvalue weighted by molar-refractivity contribution is 5.89. The molecular formula is C33H40N2O3. The molecule has 5 atom stereocenters. The van der Waals surface area contributed by atoms with Crippen molar-refractivity contribution in [2.45, 2.75) is 70.7 Å². The van der Waals surface area contributed by atoms with E-state index >= 15 is 0 Å². The molecular weight excluding hydrogens is 472 g/mol. The van der Waals surface area contributed by atoms with Gasteiger partial charge in [-0.3, -0.25) is 4.79 Å². The summed E-state index contributed by atoms with van der Waals surface area (Å²) >= 11 is 0. The summed E-state index contributed by atoms with van der Waals surface area (Å²) in [5.74, 6) is 1.78. The number of piperidine rings is 1. The van der Waals surface area contributed by atoms with Crippen LogP contribution in [0.5, 0.6) is 5.75 Å². The van der Waals surface area contributed by atoms with Crippen molar-refractivity contribution in [2.24, 2.45) is 18.9 Å². The van der Waals surface area contributed by atoms with Crippen molar-refractivity contribution in [3.8, 4) is 5.75 Å². The van der Waals surface area contributed by atoms with Gasteiger partial charge in [-0.2, -0.15) is 0 Å². The van der Waals surface area contributed by atoms with Crippen LogP contribution in [0.15, 0.2) is 66.4 Å². The van der Waals surface area contributed by atoms with E-state index in [2.05, 4.69) is 98.1 Å². The van der Waals surface area contributed by atoms with Gasteiger partial charge in [0.25, 0.3) is 0 Å². The molecule has 1 aromatic heterocycles. The summed E-state index contributed by atoms with van der Waals surface area (Å²) in [5.41, 5.74) is 4.51. The molecule has 3 aliphatic heterocycles. The third kappa shape index (κ3) is 4.55. The number of carbonyl (C=O) groups excluding carboxylic acids is 1. The van der Waals surface area contributed by atoms with E-state index in [4.69, 9.17) is 9.47 Å². The Labute approximate surface area is 226 Å². The molecule has 0 bridgehead atoms. The standard InChI is InChI=1S/C33H40N2O3/c1-22(2)10-9-16-33(3)27-18-24-21-35(31(36)19-23-20-34(4)28-13-7-5-11-25(23)28)17-15-29(24)37-32(27)26-12-6-8-14-30(26)38-33/h5-8,10-14,20,24,27,29,32H,9,15-19,21H2,1-4H3/t24-,27-,29-,32+,33+/m0/s1. The molecule has 3 aliphatic rings. The van der Waals surface area contributed by atoms with E-state index in [1.807, 2.05) is 0 Å². The van der Waals surface area contributed by atoms with Crippen LogP contribution in [0.3, 0.4) is 0 Å². The van der Waals surface area contributed by atoms with E-state index in [0.717, 1.165) is 50.1 Å². The highest BCUT2D eigenvalue weighted by atomic mass is 16.5. The van der Waals surface area contributed by atoms with E-state index in [9.17, 15) is 4.79 Å². The Hall–Kier alpha value is -3.05. The molecule has 5 heteroatoms. The van der Waals surface area contributed by atoms with Gasteiger partial charge in [0, 0.05) is 54.6 Å². The molecule has 4 heterocycles. The molecule has 2 saturated heterocycles. The number of amides is 1. The minimum absolute atomic E-state index is 0.0517. The molecule has 2 aromatic carbocycles. The van der Waals surface area contributed by atoms with Crippen molar-refractivity contribution in [1.82, 2.24) is 9.47 Å². The minimum atomic E-state index is -0.300. The fourth-order valence-electron chi connectivity index (χ4n) is 7.10. The number of aromatic nitrogens is 1. The maximum absolute atomic E-state index is 13.5. The van der Waals surface area contributed by atoms with Crippen LogP contribution in [0, 0.1) is 11.8 Å². The first-order chi connectivity index (χ1) is 18.3. The minimum Gasteiger partial charge on any atom is -0.487 e. The molecule has 5 nitrogen and oxygen atoms in total. The lowest BCUT2D eigenvalue weighted by Gasteiger charge is -2.54. The molecule has 6 rings (SSSR count). The van der Waals surface area contributed by atoms with Crippen LogP contribution >= 0.6 is 0 Å². The number of carbonyl (C=O) groups is 1. The van der Waals surface area contributed by atoms with Crippen molar-refractivity contribution in [3.05, 3.63) is 77.5 Å². The molecule has 0 unspecified atom stereocenters. The molecule has 2 fully saturated rings. The van der Waals surface area contributed by atoms with Crippen LogP contribution in [0.25, 0.3) is 10.9 Å². The Kier molecular flexibility index (Phi) is 6.59. The van der Waals surface area contributed by atoms with Gasteiger partial charge in [-0.1, -0.05) is 48.0 Å². The quantitative estimate of drug-likeness (QED) is 0.361. The van der Waals surface area contributed by atoms with Crippen molar-refractivity contribution in [1.29, 1.82) is 0 Å². The zero-order valence-electron chi connectivity index (χ0n) is 23.2. The third-order valence-electron chi connectivity index (χ3n) is 9.13. The average molecular weight is 513 g/mol. The summed E-state index contributed by atoms with van der Waals surface area (Å²) in [6.45, 7) is 8.11. The number of aryl methyl sites for hydroxylation is 1. The Balaban J connectivity index is 1.21. The van der Waals surface area contributed by atoms with E-state index in [-0.39, 0.29) is 29.6 Å². The van der Waals surface area contributed by atoms with E-state index in [0.29, 0.717) is 12.3 Å². The van der Waals surface area contributed by atoms with Crippen LogP contribution in [0.2, 0.25) is 0 Å². The maximum Gasteiger partial charge on any atom is 0.227 e. The number of hydrogen-bond acceptors (Lipinski definition) is 3. The molecule has 200 valence electrons. The van der Waals surface area contributed by atoms with Gasteiger partial charge in [0.2, 0.25) is 5.91 Å². The van der Waals surface area contributed by atoms with E-state index in [1.54, 1.807) is 0 Å². The smallest absolute Gasteiger partial charge is 0.227 e. The number of allylic oxidation sites excluding steroid dienone is 2. The lowest BCUT2D eigenvalue weighted by atomic mass is 9.68. The first-order valence-electron chi connectivity index (χ1n) is 14.2. The number of hydrogen-bond donors (Lipinski definition) is 0. The Morgan fingerprint density at radius 1 is 1.13 bits per heavy atom. The van der Waals surface area contributed by atoms with Gasteiger partial charge in [0.05, 0.1) is 18.6 Å². The second-order valence-electron chi connectivity index (χ2n) is 12.1. The SMILES string of the molecule is CC(C)=CCC[C@@]1(C)Oc2ccccc2[C@H]2O[C@H]3CCN(C(=O)Cc4cn(C)c5ccccc45)C[C@@H]3C[C@@H]21. The predicted octanol–water partition coefficient (Wildman–Crippen LogP) is 6.61.